The lowest BCUT2D eigenvalue weighted by Gasteiger charge is -2.38. The number of piperidine rings is 1. The summed E-state index contributed by atoms with van der Waals surface area (Å²) in [5.41, 5.74) is -0.0326. The first kappa shape index (κ1) is 24.7. The van der Waals surface area contributed by atoms with Crippen molar-refractivity contribution in [3.63, 3.8) is 0 Å². The summed E-state index contributed by atoms with van der Waals surface area (Å²) < 4.78 is 66.0. The molecular weight excluding hydrogens is 491 g/mol. The molecule has 2 saturated heterocycles. The standard InChI is InChI=1S/C22H24F3N3O4S2/c23-22(24,25)20(30)26-18(16-5-2-1-3-6-16)19(29)27-11-8-21(15-27)9-12-28(13-10-21)34(31,32)17-7-4-14-33-17/h1-7,14,18H,8-13,15H2,(H,26,30). The molecule has 184 valence electrons. The average Bonchev–Trinajstić information content (AvgIpc) is 3.49. The van der Waals surface area contributed by atoms with E-state index in [0.29, 0.717) is 45.4 Å². The van der Waals surface area contributed by atoms with Gasteiger partial charge in [-0.3, -0.25) is 9.59 Å². The topological polar surface area (TPSA) is 86.8 Å². The first-order valence-electron chi connectivity index (χ1n) is 10.8. The normalized spacial score (nSPS) is 19.8. The number of likely N-dealkylation sites (tertiary alicyclic amines) is 1. The zero-order valence-corrected chi connectivity index (χ0v) is 19.8. The van der Waals surface area contributed by atoms with Crippen molar-refractivity contribution in [2.45, 2.75) is 35.7 Å². The second-order valence-corrected chi connectivity index (χ2v) is 11.8. The van der Waals surface area contributed by atoms with Gasteiger partial charge in [-0.15, -0.1) is 11.3 Å². The molecule has 1 aromatic heterocycles. The van der Waals surface area contributed by atoms with Crippen molar-refractivity contribution in [1.29, 1.82) is 0 Å². The number of nitrogens with zero attached hydrogens (tertiary/aromatic N) is 2. The molecule has 1 unspecified atom stereocenters. The highest BCUT2D eigenvalue weighted by Gasteiger charge is 2.47. The van der Waals surface area contributed by atoms with E-state index in [0.717, 1.165) is 11.3 Å². The molecule has 0 bridgehead atoms. The second kappa shape index (κ2) is 9.31. The summed E-state index contributed by atoms with van der Waals surface area (Å²) in [6.07, 6.45) is -3.39. The lowest BCUT2D eigenvalue weighted by Crippen LogP contribution is -2.48. The van der Waals surface area contributed by atoms with Gasteiger partial charge in [-0.1, -0.05) is 36.4 Å². The van der Waals surface area contributed by atoms with E-state index in [-0.39, 0.29) is 15.2 Å². The number of thiophene rings is 1. The van der Waals surface area contributed by atoms with Gasteiger partial charge in [0.05, 0.1) is 0 Å². The minimum Gasteiger partial charge on any atom is -0.340 e. The third kappa shape index (κ3) is 4.98. The van der Waals surface area contributed by atoms with Gasteiger partial charge in [0.15, 0.2) is 0 Å². The van der Waals surface area contributed by atoms with E-state index < -0.39 is 34.1 Å². The van der Waals surface area contributed by atoms with Crippen LogP contribution in [0.25, 0.3) is 0 Å². The number of hydrogen-bond donors (Lipinski definition) is 1. The van der Waals surface area contributed by atoms with Crippen LogP contribution >= 0.6 is 11.3 Å². The number of amides is 2. The fraction of sp³-hybridized carbons (Fsp3) is 0.455. The lowest BCUT2D eigenvalue weighted by atomic mass is 9.78. The van der Waals surface area contributed by atoms with Crippen molar-refractivity contribution in [2.75, 3.05) is 26.2 Å². The van der Waals surface area contributed by atoms with Gasteiger partial charge < -0.3 is 10.2 Å². The fourth-order valence-electron chi connectivity index (χ4n) is 4.60. The van der Waals surface area contributed by atoms with Crippen LogP contribution in [0.2, 0.25) is 0 Å². The van der Waals surface area contributed by atoms with Crippen molar-refractivity contribution in [2.24, 2.45) is 5.41 Å². The van der Waals surface area contributed by atoms with Gasteiger partial charge in [0.2, 0.25) is 5.91 Å². The molecule has 0 saturated carbocycles. The molecule has 3 heterocycles. The molecule has 1 aromatic carbocycles. The quantitative estimate of drug-likeness (QED) is 0.663. The minimum absolute atomic E-state index is 0.267. The molecule has 4 rings (SSSR count). The van der Waals surface area contributed by atoms with Crippen LogP contribution in [0.5, 0.6) is 0 Å². The second-order valence-electron chi connectivity index (χ2n) is 8.66. The van der Waals surface area contributed by atoms with E-state index in [4.69, 9.17) is 0 Å². The summed E-state index contributed by atoms with van der Waals surface area (Å²) >= 11 is 1.16. The van der Waals surface area contributed by atoms with Gasteiger partial charge in [0, 0.05) is 26.2 Å². The highest BCUT2D eigenvalue weighted by atomic mass is 32.2. The molecule has 2 amide bonds. The van der Waals surface area contributed by atoms with Crippen molar-refractivity contribution in [3.05, 3.63) is 53.4 Å². The highest BCUT2D eigenvalue weighted by molar-refractivity contribution is 7.91. The smallest absolute Gasteiger partial charge is 0.340 e. The van der Waals surface area contributed by atoms with Gasteiger partial charge >= 0.3 is 12.1 Å². The predicted octanol–water partition coefficient (Wildman–Crippen LogP) is 3.17. The Bertz CT molecular complexity index is 1130. The summed E-state index contributed by atoms with van der Waals surface area (Å²) in [5.74, 6) is -2.77. The summed E-state index contributed by atoms with van der Waals surface area (Å²) in [6, 6.07) is 9.64. The van der Waals surface area contributed by atoms with E-state index in [9.17, 15) is 31.2 Å². The molecule has 2 aliphatic heterocycles. The number of carbonyl (C=O) groups is 2. The molecule has 34 heavy (non-hydrogen) atoms. The average molecular weight is 516 g/mol. The monoisotopic (exact) mass is 515 g/mol. The largest absolute Gasteiger partial charge is 0.471 e. The molecule has 2 aliphatic rings. The number of alkyl halides is 3. The van der Waals surface area contributed by atoms with Crippen molar-refractivity contribution >= 4 is 33.2 Å². The number of nitrogens with one attached hydrogen (secondary N) is 1. The molecule has 1 spiro atoms. The van der Waals surface area contributed by atoms with E-state index in [1.54, 1.807) is 35.7 Å². The Labute approximate surface area is 199 Å². The Balaban J connectivity index is 1.45. The van der Waals surface area contributed by atoms with Gasteiger partial charge in [-0.05, 0) is 41.7 Å². The van der Waals surface area contributed by atoms with E-state index >= 15 is 0 Å². The Kier molecular flexibility index (Phi) is 6.76. The van der Waals surface area contributed by atoms with Crippen LogP contribution in [-0.2, 0) is 19.6 Å². The Morgan fingerprint density at radius 1 is 1.00 bits per heavy atom. The molecule has 0 radical (unpaired) electrons. The van der Waals surface area contributed by atoms with Crippen LogP contribution in [0.4, 0.5) is 13.2 Å². The molecule has 0 aliphatic carbocycles. The summed E-state index contributed by atoms with van der Waals surface area (Å²) in [6.45, 7) is 1.27. The third-order valence-corrected chi connectivity index (χ3v) is 9.81. The van der Waals surface area contributed by atoms with Crippen molar-refractivity contribution < 1.29 is 31.2 Å². The maximum atomic E-state index is 13.3. The lowest BCUT2D eigenvalue weighted by molar-refractivity contribution is -0.175. The van der Waals surface area contributed by atoms with E-state index in [1.807, 2.05) is 5.32 Å². The number of benzene rings is 1. The molecule has 1 atom stereocenters. The molecular formula is C22H24F3N3O4S2. The van der Waals surface area contributed by atoms with E-state index in [2.05, 4.69) is 0 Å². The number of rotatable bonds is 5. The number of carbonyl (C=O) groups excluding carboxylic acids is 2. The van der Waals surface area contributed by atoms with Crippen molar-refractivity contribution in [3.8, 4) is 0 Å². The SMILES string of the molecule is O=C(C(NC(=O)C(F)(F)F)c1ccccc1)N1CCC2(CCN(S(=O)(=O)c3cccs3)CC2)C1. The van der Waals surface area contributed by atoms with Crippen LogP contribution in [0, 0.1) is 5.41 Å². The zero-order chi connectivity index (χ0) is 24.6. The van der Waals surface area contributed by atoms with Gasteiger partial charge in [-0.2, -0.15) is 17.5 Å². The minimum atomic E-state index is -5.11. The molecule has 1 N–H and O–H groups in total. The van der Waals surface area contributed by atoms with Crippen LogP contribution in [-0.4, -0.2) is 61.8 Å². The number of sulfonamides is 1. The maximum Gasteiger partial charge on any atom is 0.471 e. The van der Waals surface area contributed by atoms with Gasteiger partial charge in [-0.25, -0.2) is 8.42 Å². The molecule has 2 fully saturated rings. The van der Waals surface area contributed by atoms with Crippen LogP contribution in [0.3, 0.4) is 0 Å². The summed E-state index contributed by atoms with van der Waals surface area (Å²) in [7, 11) is -3.55. The predicted molar refractivity (Wildman–Crippen MR) is 119 cm³/mol. The first-order valence-corrected chi connectivity index (χ1v) is 13.1. The summed E-state index contributed by atoms with van der Waals surface area (Å²) in [5, 5.41) is 3.55. The van der Waals surface area contributed by atoms with Gasteiger partial charge in [0.1, 0.15) is 10.3 Å². The fourth-order valence-corrected chi connectivity index (χ4v) is 7.18. The molecule has 2 aromatic rings. The zero-order valence-electron chi connectivity index (χ0n) is 18.1. The Morgan fingerprint density at radius 3 is 2.24 bits per heavy atom. The van der Waals surface area contributed by atoms with Crippen LogP contribution in [0.1, 0.15) is 30.9 Å². The van der Waals surface area contributed by atoms with Crippen molar-refractivity contribution in [1.82, 2.24) is 14.5 Å². The molecule has 7 nitrogen and oxygen atoms in total. The van der Waals surface area contributed by atoms with E-state index in [1.165, 1.54) is 21.3 Å². The summed E-state index contributed by atoms with van der Waals surface area (Å²) in [4.78, 5) is 26.4. The Hall–Kier alpha value is -2.44. The Morgan fingerprint density at radius 2 is 1.65 bits per heavy atom. The third-order valence-electron chi connectivity index (χ3n) is 6.54. The first-order chi connectivity index (χ1) is 16.0. The number of hydrogen-bond acceptors (Lipinski definition) is 5. The number of halogens is 3. The van der Waals surface area contributed by atoms with Gasteiger partial charge in [0.25, 0.3) is 10.0 Å². The highest BCUT2D eigenvalue weighted by Crippen LogP contribution is 2.42. The van der Waals surface area contributed by atoms with Crippen LogP contribution < -0.4 is 5.32 Å². The maximum absolute atomic E-state index is 13.3. The van der Waals surface area contributed by atoms with Crippen LogP contribution in [0.15, 0.2) is 52.1 Å². The molecule has 12 heteroatoms.